The Bertz CT molecular complexity index is 1720. The van der Waals surface area contributed by atoms with E-state index in [0.29, 0.717) is 0 Å². The maximum Gasteiger partial charge on any atom is 0.0468 e. The largest absolute Gasteiger partial charge is 0.310 e. The van der Waals surface area contributed by atoms with Gasteiger partial charge in [0.1, 0.15) is 0 Å². The molecule has 49 heavy (non-hydrogen) atoms. The van der Waals surface area contributed by atoms with Gasteiger partial charge in [-0.3, -0.25) is 0 Å². The minimum atomic E-state index is 0.118. The lowest BCUT2D eigenvalue weighted by Crippen LogP contribution is -2.11. The van der Waals surface area contributed by atoms with Crippen LogP contribution in [-0.2, 0) is 18.3 Å². The molecule has 5 rings (SSSR count). The van der Waals surface area contributed by atoms with Crippen LogP contribution in [0.2, 0.25) is 0 Å². The van der Waals surface area contributed by atoms with Crippen molar-refractivity contribution in [3.63, 3.8) is 0 Å². The maximum absolute atomic E-state index is 2.56. The topological polar surface area (TPSA) is 3.24 Å². The number of fused-ring (bicyclic) bond motifs is 3. The Balaban J connectivity index is 1.69. The van der Waals surface area contributed by atoms with E-state index in [2.05, 4.69) is 138 Å². The highest BCUT2D eigenvalue weighted by molar-refractivity contribution is 6.12. The molecule has 0 aliphatic heterocycles. The molecular formula is C48H63N. The lowest BCUT2D eigenvalue weighted by atomic mass is 9.81. The van der Waals surface area contributed by atoms with Crippen LogP contribution in [0.4, 0.5) is 17.1 Å². The van der Waals surface area contributed by atoms with Crippen LogP contribution in [0.5, 0.6) is 0 Å². The normalized spacial score (nSPS) is 11.9. The molecule has 0 aromatic heterocycles. The first kappa shape index (κ1) is 36.7. The summed E-state index contributed by atoms with van der Waals surface area (Å²) in [6, 6.07) is 32.8. The predicted octanol–water partition coefficient (Wildman–Crippen LogP) is 15.2. The summed E-state index contributed by atoms with van der Waals surface area (Å²) in [6.07, 6.45) is 18.2. The summed E-state index contributed by atoms with van der Waals surface area (Å²) in [5.74, 6) is 0. The minimum Gasteiger partial charge on any atom is -0.310 e. The number of aryl methyl sites for hydroxylation is 4. The van der Waals surface area contributed by atoms with Gasteiger partial charge in [0.15, 0.2) is 0 Å². The molecule has 1 heteroatoms. The van der Waals surface area contributed by atoms with Crippen molar-refractivity contribution in [2.24, 2.45) is 0 Å². The second-order valence-electron chi connectivity index (χ2n) is 15.7. The number of hydrogen-bond acceptors (Lipinski definition) is 1. The van der Waals surface area contributed by atoms with E-state index in [4.69, 9.17) is 0 Å². The Kier molecular flexibility index (Phi) is 13.0. The van der Waals surface area contributed by atoms with Crippen molar-refractivity contribution in [3.8, 4) is 0 Å². The molecule has 0 fully saturated rings. The van der Waals surface area contributed by atoms with Gasteiger partial charge in [0.25, 0.3) is 0 Å². The van der Waals surface area contributed by atoms with Gasteiger partial charge < -0.3 is 4.90 Å². The van der Waals surface area contributed by atoms with Crippen LogP contribution in [0.15, 0.2) is 84.9 Å². The fourth-order valence-electron chi connectivity index (χ4n) is 7.55. The Morgan fingerprint density at radius 3 is 1.31 bits per heavy atom. The molecule has 0 atom stereocenters. The zero-order valence-electron chi connectivity index (χ0n) is 31.9. The molecule has 260 valence electrons. The van der Waals surface area contributed by atoms with Crippen LogP contribution in [0.3, 0.4) is 0 Å². The molecular weight excluding hydrogens is 591 g/mol. The molecule has 0 radical (unpaired) electrons. The molecule has 0 amide bonds. The first-order chi connectivity index (χ1) is 23.7. The highest BCUT2D eigenvalue weighted by Crippen LogP contribution is 2.42. The van der Waals surface area contributed by atoms with Crippen molar-refractivity contribution in [2.75, 3.05) is 4.90 Å². The van der Waals surface area contributed by atoms with Gasteiger partial charge in [-0.2, -0.15) is 0 Å². The standard InChI is InChI=1S/C48H63N/c1-8-10-12-14-16-18-20-42-43(21-19-17-15-13-11-9-2)47-35-41(31-33-45(47)44-32-26-38(34-46(42)44)48(5,6)7)49(39-27-22-36(3)23-28-39)40-29-24-37(4)25-30-40/h22-35H,8-21H2,1-7H3. The van der Waals surface area contributed by atoms with Crippen molar-refractivity contribution in [2.45, 2.75) is 144 Å². The summed E-state index contributed by atoms with van der Waals surface area (Å²) < 4.78 is 0. The number of nitrogens with zero attached hydrogens (tertiary/aromatic N) is 1. The smallest absolute Gasteiger partial charge is 0.0468 e. The molecule has 0 heterocycles. The highest BCUT2D eigenvalue weighted by atomic mass is 15.1. The van der Waals surface area contributed by atoms with Crippen LogP contribution in [0.1, 0.15) is 139 Å². The molecule has 0 aliphatic carbocycles. The molecule has 0 spiro atoms. The first-order valence-electron chi connectivity index (χ1n) is 19.7. The third-order valence-electron chi connectivity index (χ3n) is 10.6. The van der Waals surface area contributed by atoms with Crippen molar-refractivity contribution in [1.29, 1.82) is 0 Å². The molecule has 0 bridgehead atoms. The van der Waals surface area contributed by atoms with E-state index in [1.165, 1.54) is 139 Å². The quantitative estimate of drug-likeness (QED) is 0.0713. The fourth-order valence-corrected chi connectivity index (χ4v) is 7.55. The summed E-state index contributed by atoms with van der Waals surface area (Å²) >= 11 is 0. The number of anilines is 3. The Labute approximate surface area is 299 Å². The highest BCUT2D eigenvalue weighted by Gasteiger charge is 2.21. The number of hydrogen-bond donors (Lipinski definition) is 0. The van der Waals surface area contributed by atoms with E-state index in [-0.39, 0.29) is 5.41 Å². The van der Waals surface area contributed by atoms with E-state index in [0.717, 1.165) is 6.42 Å². The van der Waals surface area contributed by atoms with Gasteiger partial charge >= 0.3 is 0 Å². The molecule has 0 saturated heterocycles. The molecule has 0 unspecified atom stereocenters. The van der Waals surface area contributed by atoms with Crippen LogP contribution >= 0.6 is 0 Å². The van der Waals surface area contributed by atoms with Gasteiger partial charge in [-0.05, 0) is 120 Å². The average molecular weight is 654 g/mol. The van der Waals surface area contributed by atoms with Crippen molar-refractivity contribution >= 4 is 38.6 Å². The molecule has 5 aromatic carbocycles. The summed E-state index contributed by atoms with van der Waals surface area (Å²) in [6.45, 7) is 16.0. The summed E-state index contributed by atoms with van der Waals surface area (Å²) in [7, 11) is 0. The number of unbranched alkanes of at least 4 members (excludes halogenated alkanes) is 10. The molecule has 5 aromatic rings. The third kappa shape index (κ3) is 9.36. The van der Waals surface area contributed by atoms with Gasteiger partial charge in [-0.25, -0.2) is 0 Å². The molecule has 0 N–H and O–H groups in total. The lowest BCUT2D eigenvalue weighted by Gasteiger charge is -2.27. The Hall–Kier alpha value is -3.58. The van der Waals surface area contributed by atoms with E-state index in [9.17, 15) is 0 Å². The SMILES string of the molecule is CCCCCCCCc1c(CCCCCCCC)c2cc(C(C)(C)C)ccc2c2ccc(N(c3ccc(C)cc3)c3ccc(C)cc3)cc12. The Morgan fingerprint density at radius 2 is 0.837 bits per heavy atom. The van der Waals surface area contributed by atoms with Crippen LogP contribution in [0.25, 0.3) is 21.5 Å². The van der Waals surface area contributed by atoms with E-state index >= 15 is 0 Å². The molecule has 0 saturated carbocycles. The van der Waals surface area contributed by atoms with E-state index in [1.807, 2.05) is 0 Å². The molecule has 1 nitrogen and oxygen atoms in total. The number of rotatable bonds is 17. The van der Waals surface area contributed by atoms with Crippen molar-refractivity contribution < 1.29 is 0 Å². The number of benzene rings is 5. The second kappa shape index (κ2) is 17.4. The van der Waals surface area contributed by atoms with Crippen molar-refractivity contribution in [1.82, 2.24) is 0 Å². The molecule has 0 aliphatic rings. The zero-order valence-corrected chi connectivity index (χ0v) is 31.9. The summed E-state index contributed by atoms with van der Waals surface area (Å²) in [5, 5.41) is 5.77. The maximum atomic E-state index is 2.56. The van der Waals surface area contributed by atoms with Crippen LogP contribution in [-0.4, -0.2) is 0 Å². The van der Waals surface area contributed by atoms with E-state index in [1.54, 1.807) is 11.1 Å². The predicted molar refractivity (Wildman–Crippen MR) is 218 cm³/mol. The first-order valence-corrected chi connectivity index (χ1v) is 19.7. The van der Waals surface area contributed by atoms with Gasteiger partial charge in [0.2, 0.25) is 0 Å². The minimum absolute atomic E-state index is 0.118. The van der Waals surface area contributed by atoms with Gasteiger partial charge in [0, 0.05) is 17.1 Å². The van der Waals surface area contributed by atoms with Crippen molar-refractivity contribution in [3.05, 3.63) is 113 Å². The summed E-state index contributed by atoms with van der Waals surface area (Å²) in [4.78, 5) is 2.45. The average Bonchev–Trinajstić information content (AvgIpc) is 3.09. The monoisotopic (exact) mass is 653 g/mol. The second-order valence-corrected chi connectivity index (χ2v) is 15.7. The van der Waals surface area contributed by atoms with Crippen LogP contribution in [0, 0.1) is 13.8 Å². The van der Waals surface area contributed by atoms with E-state index < -0.39 is 0 Å². The van der Waals surface area contributed by atoms with Gasteiger partial charge in [-0.15, -0.1) is 0 Å². The van der Waals surface area contributed by atoms with Crippen LogP contribution < -0.4 is 4.90 Å². The Morgan fingerprint density at radius 1 is 0.429 bits per heavy atom. The third-order valence-corrected chi connectivity index (χ3v) is 10.6. The summed E-state index contributed by atoms with van der Waals surface area (Å²) in [5.41, 5.74) is 11.0. The zero-order chi connectivity index (χ0) is 34.8. The van der Waals surface area contributed by atoms with Gasteiger partial charge in [0.05, 0.1) is 0 Å². The fraction of sp³-hybridized carbons (Fsp3) is 0.458. The lowest BCUT2D eigenvalue weighted by molar-refractivity contribution is 0.590. The van der Waals surface area contributed by atoms with Gasteiger partial charge in [-0.1, -0.05) is 158 Å².